The highest BCUT2D eigenvalue weighted by Gasteiger charge is 1.99. The van der Waals surface area contributed by atoms with E-state index in [1.165, 1.54) is 70.6 Å². The first-order valence-corrected chi connectivity index (χ1v) is 11.9. The van der Waals surface area contributed by atoms with Crippen LogP contribution < -0.4 is 0 Å². The molecule has 0 aromatic rings. The standard InChI is InChI=1S/C17H35O2P.CH4O4S/c1-2-3-4-5-6-7-8-9-10-11-12-13-15-19-17(18)14-16-20;1-5-6(2,3)4/h2-16,20H2,1H3;1H3,(H,2,3,4). The van der Waals surface area contributed by atoms with Gasteiger partial charge in [-0.25, -0.2) is 0 Å². The lowest BCUT2D eigenvalue weighted by atomic mass is 10.1. The molecule has 158 valence electrons. The molecule has 0 saturated heterocycles. The Bertz CT molecular complexity index is 400. The summed E-state index contributed by atoms with van der Waals surface area (Å²) in [6, 6.07) is 0. The van der Waals surface area contributed by atoms with Gasteiger partial charge in [-0.3, -0.25) is 13.5 Å². The second-order valence-corrected chi connectivity index (χ2v) is 8.01. The van der Waals surface area contributed by atoms with Crippen molar-refractivity contribution in [3.8, 4) is 0 Å². The SMILES string of the molecule is CCCCCCCCCCCCCCOC(=O)CCP.COS(=O)(=O)O. The van der Waals surface area contributed by atoms with Crippen LogP contribution in [0.1, 0.15) is 90.4 Å². The number of rotatable bonds is 16. The molecule has 0 rings (SSSR count). The van der Waals surface area contributed by atoms with Crippen molar-refractivity contribution in [1.29, 1.82) is 0 Å². The summed E-state index contributed by atoms with van der Waals surface area (Å²) in [6.07, 6.45) is 17.4. The van der Waals surface area contributed by atoms with Gasteiger partial charge in [-0.15, -0.1) is 9.24 Å². The average Bonchev–Trinajstić information content (AvgIpc) is 2.59. The van der Waals surface area contributed by atoms with Gasteiger partial charge in [0.25, 0.3) is 0 Å². The average molecular weight is 415 g/mol. The van der Waals surface area contributed by atoms with E-state index in [0.29, 0.717) is 13.0 Å². The van der Waals surface area contributed by atoms with Gasteiger partial charge in [0, 0.05) is 6.42 Å². The Morgan fingerprint density at radius 1 is 0.885 bits per heavy atom. The maximum atomic E-state index is 11.1. The van der Waals surface area contributed by atoms with Crippen LogP contribution in [-0.2, 0) is 24.1 Å². The molecule has 0 bridgehead atoms. The summed E-state index contributed by atoms with van der Waals surface area (Å²) < 4.78 is 34.8. The Morgan fingerprint density at radius 2 is 1.27 bits per heavy atom. The molecule has 6 nitrogen and oxygen atoms in total. The summed E-state index contributed by atoms with van der Waals surface area (Å²) >= 11 is 0. The molecule has 1 unspecified atom stereocenters. The van der Waals surface area contributed by atoms with Gasteiger partial charge in [0.2, 0.25) is 0 Å². The van der Waals surface area contributed by atoms with Crippen LogP contribution in [0.3, 0.4) is 0 Å². The molecule has 0 saturated carbocycles. The molecule has 1 atom stereocenters. The fraction of sp³-hybridized carbons (Fsp3) is 0.944. The maximum Gasteiger partial charge on any atom is 0.397 e. The van der Waals surface area contributed by atoms with Crippen LogP contribution in [0.4, 0.5) is 0 Å². The summed E-state index contributed by atoms with van der Waals surface area (Å²) in [5, 5.41) is 0. The molecule has 0 aliphatic carbocycles. The minimum absolute atomic E-state index is 0.0527. The zero-order valence-electron chi connectivity index (χ0n) is 16.6. The van der Waals surface area contributed by atoms with Crippen LogP contribution in [0.5, 0.6) is 0 Å². The third kappa shape index (κ3) is 28.6. The molecule has 0 aliphatic rings. The van der Waals surface area contributed by atoms with Crippen molar-refractivity contribution in [3.63, 3.8) is 0 Å². The Morgan fingerprint density at radius 3 is 1.62 bits per heavy atom. The molecular formula is C18H39O6PS. The monoisotopic (exact) mass is 414 g/mol. The lowest BCUT2D eigenvalue weighted by Crippen LogP contribution is -2.05. The minimum atomic E-state index is -4.16. The third-order valence-corrected chi connectivity index (χ3v) is 4.53. The van der Waals surface area contributed by atoms with Crippen LogP contribution in [0.25, 0.3) is 0 Å². The van der Waals surface area contributed by atoms with Gasteiger partial charge in [-0.2, -0.15) is 8.42 Å². The second-order valence-electron chi connectivity index (χ2n) is 6.24. The van der Waals surface area contributed by atoms with Crippen molar-refractivity contribution in [3.05, 3.63) is 0 Å². The number of carbonyl (C=O) groups excluding carboxylic acids is 1. The predicted octanol–water partition coefficient (Wildman–Crippen LogP) is 4.93. The van der Waals surface area contributed by atoms with E-state index in [-0.39, 0.29) is 5.97 Å². The van der Waals surface area contributed by atoms with Gasteiger partial charge < -0.3 is 4.74 Å². The van der Waals surface area contributed by atoms with Crippen LogP contribution in [0.15, 0.2) is 0 Å². The summed E-state index contributed by atoms with van der Waals surface area (Å²) in [4.78, 5) is 11.1. The van der Waals surface area contributed by atoms with Crippen molar-refractivity contribution >= 4 is 25.6 Å². The maximum absolute atomic E-state index is 11.1. The first-order valence-electron chi connectivity index (χ1n) is 9.76. The first kappa shape index (κ1) is 28.0. The molecule has 0 heterocycles. The summed E-state index contributed by atoms with van der Waals surface area (Å²) in [5.41, 5.74) is 0. The molecule has 0 aromatic carbocycles. The number of unbranched alkanes of at least 4 members (excludes halogenated alkanes) is 11. The molecule has 26 heavy (non-hydrogen) atoms. The van der Waals surface area contributed by atoms with Crippen LogP contribution >= 0.6 is 9.24 Å². The van der Waals surface area contributed by atoms with Gasteiger partial charge in [0.15, 0.2) is 0 Å². The summed E-state index contributed by atoms with van der Waals surface area (Å²) in [5.74, 6) is -0.0527. The highest BCUT2D eigenvalue weighted by molar-refractivity contribution is 7.80. The molecule has 1 N–H and O–H groups in total. The largest absolute Gasteiger partial charge is 0.466 e. The van der Waals surface area contributed by atoms with Crippen molar-refractivity contribution in [1.82, 2.24) is 0 Å². The van der Waals surface area contributed by atoms with Gasteiger partial charge in [-0.05, 0) is 12.6 Å². The molecule has 0 radical (unpaired) electrons. The van der Waals surface area contributed by atoms with E-state index in [1.54, 1.807) is 0 Å². The van der Waals surface area contributed by atoms with Crippen molar-refractivity contribution in [2.75, 3.05) is 19.9 Å². The van der Waals surface area contributed by atoms with Gasteiger partial charge in [0.05, 0.1) is 13.7 Å². The van der Waals surface area contributed by atoms with Crippen LogP contribution in [0, 0.1) is 0 Å². The number of ether oxygens (including phenoxy) is 1. The molecular weight excluding hydrogens is 375 g/mol. The first-order chi connectivity index (χ1) is 12.4. The Balaban J connectivity index is 0. The molecule has 0 aliphatic heterocycles. The summed E-state index contributed by atoms with van der Waals surface area (Å²) in [7, 11) is -0.742. The topological polar surface area (TPSA) is 89.9 Å². The quantitative estimate of drug-likeness (QED) is 0.167. The van der Waals surface area contributed by atoms with Crippen molar-refractivity contribution < 1.29 is 26.7 Å². The van der Waals surface area contributed by atoms with E-state index in [2.05, 4.69) is 20.3 Å². The van der Waals surface area contributed by atoms with Crippen molar-refractivity contribution in [2.45, 2.75) is 90.4 Å². The van der Waals surface area contributed by atoms with Gasteiger partial charge in [-0.1, -0.05) is 77.6 Å². The number of hydrogen-bond acceptors (Lipinski definition) is 5. The fourth-order valence-corrected chi connectivity index (χ4v) is 2.55. The fourth-order valence-electron chi connectivity index (χ4n) is 2.32. The third-order valence-electron chi connectivity index (χ3n) is 3.82. The predicted molar refractivity (Wildman–Crippen MR) is 110 cm³/mol. The second kappa shape index (κ2) is 21.1. The lowest BCUT2D eigenvalue weighted by Gasteiger charge is -2.04. The molecule has 0 amide bonds. The molecule has 0 aromatic heterocycles. The number of carbonyl (C=O) groups is 1. The normalized spacial score (nSPS) is 10.9. The van der Waals surface area contributed by atoms with E-state index in [1.807, 2.05) is 0 Å². The molecule has 0 spiro atoms. The minimum Gasteiger partial charge on any atom is -0.466 e. The molecule has 0 fully saturated rings. The van der Waals surface area contributed by atoms with E-state index >= 15 is 0 Å². The Hall–Kier alpha value is -0.230. The lowest BCUT2D eigenvalue weighted by molar-refractivity contribution is -0.143. The highest BCUT2D eigenvalue weighted by Crippen LogP contribution is 2.11. The highest BCUT2D eigenvalue weighted by atomic mass is 32.3. The zero-order chi connectivity index (χ0) is 20.1. The number of hydrogen-bond donors (Lipinski definition) is 1. The molecule has 8 heteroatoms. The van der Waals surface area contributed by atoms with E-state index < -0.39 is 10.4 Å². The van der Waals surface area contributed by atoms with E-state index in [0.717, 1.165) is 19.7 Å². The van der Waals surface area contributed by atoms with Crippen molar-refractivity contribution in [2.24, 2.45) is 0 Å². The smallest absolute Gasteiger partial charge is 0.397 e. The van der Waals surface area contributed by atoms with Crippen LogP contribution in [-0.4, -0.2) is 38.8 Å². The van der Waals surface area contributed by atoms with Gasteiger partial charge >= 0.3 is 16.4 Å². The van der Waals surface area contributed by atoms with Crippen LogP contribution in [0.2, 0.25) is 0 Å². The zero-order valence-corrected chi connectivity index (χ0v) is 18.6. The van der Waals surface area contributed by atoms with E-state index in [4.69, 9.17) is 9.29 Å². The van der Waals surface area contributed by atoms with Gasteiger partial charge in [0.1, 0.15) is 0 Å². The number of esters is 1. The Labute approximate surface area is 163 Å². The van der Waals surface area contributed by atoms with E-state index in [9.17, 15) is 13.2 Å². The Kier molecular flexibility index (Phi) is 22.7. The summed E-state index contributed by atoms with van der Waals surface area (Å²) in [6.45, 7) is 2.88.